The maximum atomic E-state index is 10.7. The highest BCUT2D eigenvalue weighted by Crippen LogP contribution is 2.38. The summed E-state index contributed by atoms with van der Waals surface area (Å²) in [6.07, 6.45) is -3.73. The lowest BCUT2D eigenvalue weighted by Crippen LogP contribution is -2.39. The molecule has 0 radical (unpaired) electrons. The van der Waals surface area contributed by atoms with Gasteiger partial charge in [0.1, 0.15) is 18.8 Å². The van der Waals surface area contributed by atoms with Crippen molar-refractivity contribution in [3.05, 3.63) is 0 Å². The molecule has 2 atom stereocenters. The van der Waals surface area contributed by atoms with Crippen molar-refractivity contribution in [2.45, 2.75) is 12.2 Å². The fourth-order valence-corrected chi connectivity index (χ4v) is 1.20. The fraction of sp³-hybridized carbons (Fsp3) is 0.800. The van der Waals surface area contributed by atoms with Gasteiger partial charge in [-0.2, -0.15) is 0 Å². The number of hydrogen-bond donors (Lipinski definition) is 5. The van der Waals surface area contributed by atoms with Gasteiger partial charge in [-0.1, -0.05) is 0 Å². The van der Waals surface area contributed by atoms with E-state index in [2.05, 4.69) is 4.52 Å². The number of aliphatic hydroxyl groups excluding tert-OH is 3. The van der Waals surface area contributed by atoms with E-state index in [1.165, 1.54) is 0 Å². The fourth-order valence-electron chi connectivity index (χ4n) is 0.668. The number of carbonyl (C=O) groups is 1. The van der Waals surface area contributed by atoms with Crippen LogP contribution in [0.25, 0.3) is 0 Å². The number of rotatable bonds is 6. The Bertz CT molecular complexity index is 234. The maximum absolute atomic E-state index is 10.7. The Labute approximate surface area is 79.0 Å². The van der Waals surface area contributed by atoms with Crippen LogP contribution in [0.4, 0.5) is 0 Å². The molecule has 0 aliphatic heterocycles. The molecule has 5 N–H and O–H groups in total. The molecule has 0 spiro atoms. The number of carbonyl (C=O) groups excluding carboxylic acids is 1. The van der Waals surface area contributed by atoms with Crippen molar-refractivity contribution >= 4 is 13.6 Å². The first kappa shape index (κ1) is 13.7. The van der Waals surface area contributed by atoms with Gasteiger partial charge in [0.05, 0.1) is 6.61 Å². The lowest BCUT2D eigenvalue weighted by molar-refractivity contribution is -0.136. The second kappa shape index (κ2) is 5.52. The van der Waals surface area contributed by atoms with Crippen molar-refractivity contribution in [1.82, 2.24) is 0 Å². The molecule has 0 rings (SSSR count). The molecule has 8 nitrogen and oxygen atoms in total. The molecule has 84 valence electrons. The number of phosphoric ester groups is 1. The molecule has 14 heavy (non-hydrogen) atoms. The topological polar surface area (TPSA) is 145 Å². The van der Waals surface area contributed by atoms with Gasteiger partial charge < -0.3 is 25.1 Å². The zero-order chi connectivity index (χ0) is 11.4. The number of aliphatic hydroxyl groups is 3. The van der Waals surface area contributed by atoms with Crippen LogP contribution >= 0.6 is 7.82 Å². The minimum Gasteiger partial charge on any atom is -0.394 e. The van der Waals surface area contributed by atoms with E-state index >= 15 is 0 Å². The van der Waals surface area contributed by atoms with Crippen molar-refractivity contribution in [2.24, 2.45) is 0 Å². The third-order valence-electron chi connectivity index (χ3n) is 1.29. The predicted octanol–water partition coefficient (Wildman–Crippen LogP) is -2.62. The SMILES string of the molecule is O=C(CO)[C@@H](O)[C@@H](CO)OP(=O)(O)O. The third-order valence-corrected chi connectivity index (χ3v) is 1.84. The molecule has 0 aromatic carbocycles. The van der Waals surface area contributed by atoms with E-state index in [4.69, 9.17) is 25.1 Å². The van der Waals surface area contributed by atoms with Crippen LogP contribution in [0, 0.1) is 0 Å². The first-order valence-corrected chi connectivity index (χ1v) is 5.01. The maximum Gasteiger partial charge on any atom is 0.470 e. The molecule has 9 heteroatoms. The van der Waals surface area contributed by atoms with E-state index in [0.29, 0.717) is 0 Å². The highest BCUT2D eigenvalue weighted by Gasteiger charge is 2.31. The summed E-state index contributed by atoms with van der Waals surface area (Å²) in [7, 11) is -4.90. The summed E-state index contributed by atoms with van der Waals surface area (Å²) in [4.78, 5) is 27.3. The molecule has 0 aromatic heterocycles. The summed E-state index contributed by atoms with van der Waals surface area (Å²) in [5.41, 5.74) is 0. The normalized spacial score (nSPS) is 16.4. The number of phosphoric acid groups is 1. The molecule has 0 fully saturated rings. The molecule has 0 saturated heterocycles. The van der Waals surface area contributed by atoms with Crippen molar-refractivity contribution in [3.8, 4) is 0 Å². The largest absolute Gasteiger partial charge is 0.470 e. The van der Waals surface area contributed by atoms with E-state index in [-0.39, 0.29) is 0 Å². The first-order chi connectivity index (χ1) is 6.31. The summed E-state index contributed by atoms with van der Waals surface area (Å²) in [6, 6.07) is 0. The summed E-state index contributed by atoms with van der Waals surface area (Å²) in [5.74, 6) is -1.10. The summed E-state index contributed by atoms with van der Waals surface area (Å²) >= 11 is 0. The Morgan fingerprint density at radius 1 is 1.36 bits per heavy atom. The quantitative estimate of drug-likeness (QED) is 0.312. The van der Waals surface area contributed by atoms with Gasteiger partial charge in [-0.15, -0.1) is 0 Å². The molecule has 0 aromatic rings. The zero-order valence-electron chi connectivity index (χ0n) is 6.98. The number of ketones is 1. The molecular formula is C5H11O8P. The Kier molecular flexibility index (Phi) is 5.38. The van der Waals surface area contributed by atoms with Gasteiger partial charge in [-0.05, 0) is 0 Å². The average molecular weight is 230 g/mol. The first-order valence-electron chi connectivity index (χ1n) is 3.48. The van der Waals surface area contributed by atoms with Crippen molar-refractivity contribution in [2.75, 3.05) is 13.2 Å². The monoisotopic (exact) mass is 230 g/mol. The van der Waals surface area contributed by atoms with Crippen molar-refractivity contribution < 1.29 is 39.0 Å². The van der Waals surface area contributed by atoms with Crippen molar-refractivity contribution in [3.63, 3.8) is 0 Å². The molecule has 0 unspecified atom stereocenters. The highest BCUT2D eigenvalue weighted by atomic mass is 31.2. The molecule has 0 amide bonds. The number of Topliss-reactive ketones (excluding diaryl/α,β-unsaturated/α-hetero) is 1. The zero-order valence-corrected chi connectivity index (χ0v) is 7.87. The van der Waals surface area contributed by atoms with Crippen LogP contribution in [0.2, 0.25) is 0 Å². The Morgan fingerprint density at radius 2 is 1.86 bits per heavy atom. The second-order valence-corrected chi connectivity index (χ2v) is 3.58. The van der Waals surface area contributed by atoms with E-state index < -0.39 is 39.0 Å². The Balaban J connectivity index is 4.41. The second-order valence-electron chi connectivity index (χ2n) is 2.39. The predicted molar refractivity (Wildman–Crippen MR) is 42.1 cm³/mol. The standard InChI is InChI=1S/C5H11O8P/c6-1-3(8)5(9)4(2-7)13-14(10,11)12/h4-7,9H,1-2H2,(H2,10,11,12)/t4-,5-/m1/s1. The van der Waals surface area contributed by atoms with Crippen LogP contribution < -0.4 is 0 Å². The Morgan fingerprint density at radius 3 is 2.14 bits per heavy atom. The lowest BCUT2D eigenvalue weighted by Gasteiger charge is -2.19. The van der Waals surface area contributed by atoms with Gasteiger partial charge in [0, 0.05) is 0 Å². The van der Waals surface area contributed by atoms with Gasteiger partial charge in [0.15, 0.2) is 5.78 Å². The van der Waals surface area contributed by atoms with Crippen molar-refractivity contribution in [1.29, 1.82) is 0 Å². The summed E-state index contributed by atoms with van der Waals surface area (Å²) in [6.45, 7) is -1.97. The van der Waals surface area contributed by atoms with E-state index in [1.807, 2.05) is 0 Å². The van der Waals surface area contributed by atoms with E-state index in [0.717, 1.165) is 0 Å². The van der Waals surface area contributed by atoms with Crippen LogP contribution in [-0.2, 0) is 13.9 Å². The molecule has 0 aliphatic carbocycles. The van der Waals surface area contributed by atoms with Gasteiger partial charge in [-0.25, -0.2) is 4.57 Å². The number of hydrogen-bond acceptors (Lipinski definition) is 6. The van der Waals surface area contributed by atoms with Crippen LogP contribution in [-0.4, -0.2) is 56.3 Å². The van der Waals surface area contributed by atoms with Gasteiger partial charge in [0.25, 0.3) is 0 Å². The minimum atomic E-state index is -4.90. The summed E-state index contributed by atoms with van der Waals surface area (Å²) in [5, 5.41) is 25.9. The van der Waals surface area contributed by atoms with Crippen LogP contribution in [0.15, 0.2) is 0 Å². The molecule has 0 aliphatic rings. The van der Waals surface area contributed by atoms with Crippen LogP contribution in [0.5, 0.6) is 0 Å². The molecule has 0 heterocycles. The lowest BCUT2D eigenvalue weighted by atomic mass is 10.1. The summed E-state index contributed by atoms with van der Waals surface area (Å²) < 4.78 is 14.2. The smallest absolute Gasteiger partial charge is 0.394 e. The Hall–Kier alpha value is -0.340. The third kappa shape index (κ3) is 4.77. The minimum absolute atomic E-state index is 0.960. The van der Waals surface area contributed by atoms with Gasteiger partial charge >= 0.3 is 7.82 Å². The van der Waals surface area contributed by atoms with E-state index in [1.54, 1.807) is 0 Å². The molecule has 0 saturated carbocycles. The van der Waals surface area contributed by atoms with E-state index in [9.17, 15) is 9.36 Å². The average Bonchev–Trinajstić information content (AvgIpc) is 2.10. The highest BCUT2D eigenvalue weighted by molar-refractivity contribution is 7.46. The molecule has 0 bridgehead atoms. The molecular weight excluding hydrogens is 219 g/mol. The van der Waals surface area contributed by atoms with Gasteiger partial charge in [0.2, 0.25) is 0 Å². The van der Waals surface area contributed by atoms with Gasteiger partial charge in [-0.3, -0.25) is 9.32 Å². The van der Waals surface area contributed by atoms with Crippen LogP contribution in [0.1, 0.15) is 0 Å². The van der Waals surface area contributed by atoms with Crippen LogP contribution in [0.3, 0.4) is 0 Å².